The highest BCUT2D eigenvalue weighted by atomic mass is 19.4. The largest absolute Gasteiger partial charge is 0.529 e. The van der Waals surface area contributed by atoms with Crippen molar-refractivity contribution in [2.45, 2.75) is 25.4 Å². The van der Waals surface area contributed by atoms with Crippen molar-refractivity contribution < 1.29 is 23.1 Å². The first-order valence-electron chi connectivity index (χ1n) is 3.68. The van der Waals surface area contributed by atoms with Crippen LogP contribution in [0.1, 0.15) is 19.3 Å². The Morgan fingerprint density at radius 3 is 2.38 bits per heavy atom. The Labute approximate surface area is 73.1 Å². The standard InChI is InChI=1S/C6H11F3N2O2/c7-6(8,9)3-1-2-4-10-11-5(12)13/h10-11H,1-4H2,(H,12,13)/p-1. The molecule has 0 rings (SSSR count). The van der Waals surface area contributed by atoms with Gasteiger partial charge in [-0.2, -0.15) is 13.2 Å². The molecule has 0 aliphatic rings. The topological polar surface area (TPSA) is 64.2 Å². The average molecular weight is 199 g/mol. The van der Waals surface area contributed by atoms with Gasteiger partial charge in [0.25, 0.3) is 0 Å². The average Bonchev–Trinajstić information content (AvgIpc) is 1.93. The highest BCUT2D eigenvalue weighted by Crippen LogP contribution is 2.21. The Kier molecular flexibility index (Phi) is 5.20. The fourth-order valence-electron chi connectivity index (χ4n) is 0.674. The van der Waals surface area contributed by atoms with Crippen molar-refractivity contribution in [2.75, 3.05) is 6.54 Å². The minimum Gasteiger partial charge on any atom is -0.529 e. The van der Waals surface area contributed by atoms with Crippen LogP contribution in [0, 0.1) is 0 Å². The zero-order valence-electron chi connectivity index (χ0n) is 6.78. The molecule has 0 radical (unpaired) electrons. The molecule has 7 heteroatoms. The van der Waals surface area contributed by atoms with Crippen molar-refractivity contribution in [3.8, 4) is 0 Å². The third-order valence-electron chi connectivity index (χ3n) is 1.20. The van der Waals surface area contributed by atoms with Crippen LogP contribution in [-0.4, -0.2) is 18.8 Å². The number of hydrogen-bond acceptors (Lipinski definition) is 3. The number of nitrogens with one attached hydrogen (secondary N) is 2. The lowest BCUT2D eigenvalue weighted by Gasteiger charge is -2.08. The summed E-state index contributed by atoms with van der Waals surface area (Å²) in [7, 11) is 0. The summed E-state index contributed by atoms with van der Waals surface area (Å²) in [6, 6.07) is 0. The number of hydrogen-bond donors (Lipinski definition) is 2. The monoisotopic (exact) mass is 199 g/mol. The highest BCUT2D eigenvalue weighted by Gasteiger charge is 2.25. The number of halogens is 3. The molecule has 0 unspecified atom stereocenters. The number of carboxylic acid groups (broad SMARTS) is 1. The van der Waals surface area contributed by atoms with E-state index in [0.717, 1.165) is 0 Å². The first-order valence-corrected chi connectivity index (χ1v) is 3.68. The molecule has 0 atom stereocenters. The number of alkyl halides is 3. The lowest BCUT2D eigenvalue weighted by Crippen LogP contribution is -2.45. The smallest absolute Gasteiger partial charge is 0.389 e. The number of carbonyl (C=O) groups excluding carboxylic acids is 1. The summed E-state index contributed by atoms with van der Waals surface area (Å²) in [5.41, 5.74) is 3.91. The van der Waals surface area contributed by atoms with Crippen molar-refractivity contribution in [3.63, 3.8) is 0 Å². The fourth-order valence-corrected chi connectivity index (χ4v) is 0.674. The second-order valence-corrected chi connectivity index (χ2v) is 2.41. The zero-order chi connectivity index (χ0) is 10.3. The lowest BCUT2D eigenvalue weighted by molar-refractivity contribution is -0.252. The summed E-state index contributed by atoms with van der Waals surface area (Å²) in [5.74, 6) is 0. The molecule has 0 saturated heterocycles. The van der Waals surface area contributed by atoms with E-state index in [4.69, 9.17) is 0 Å². The molecule has 0 aromatic rings. The lowest BCUT2D eigenvalue weighted by atomic mass is 10.2. The van der Waals surface area contributed by atoms with Gasteiger partial charge in [0.2, 0.25) is 0 Å². The van der Waals surface area contributed by atoms with E-state index < -0.39 is 18.7 Å². The molecular formula is C6H10F3N2O2-. The summed E-state index contributed by atoms with van der Waals surface area (Å²) < 4.78 is 34.7. The van der Waals surface area contributed by atoms with Gasteiger partial charge in [0.05, 0.1) is 0 Å². The molecule has 4 nitrogen and oxygen atoms in total. The number of hydrazine groups is 1. The molecule has 0 fully saturated rings. The molecule has 13 heavy (non-hydrogen) atoms. The Morgan fingerprint density at radius 1 is 1.31 bits per heavy atom. The summed E-state index contributed by atoms with van der Waals surface area (Å²) in [6.07, 6.45) is -6.26. The van der Waals surface area contributed by atoms with Crippen LogP contribution in [0.4, 0.5) is 18.0 Å². The first kappa shape index (κ1) is 12.0. The molecule has 0 saturated carbocycles. The van der Waals surface area contributed by atoms with Gasteiger partial charge in [-0.1, -0.05) is 0 Å². The Bertz CT molecular complexity index is 160. The molecule has 0 bridgehead atoms. The summed E-state index contributed by atoms with van der Waals surface area (Å²) >= 11 is 0. The Balaban J connectivity index is 3.13. The van der Waals surface area contributed by atoms with Gasteiger partial charge in [-0.3, -0.25) is 0 Å². The van der Waals surface area contributed by atoms with Crippen molar-refractivity contribution in [2.24, 2.45) is 0 Å². The van der Waals surface area contributed by atoms with Gasteiger partial charge in [-0.25, -0.2) is 5.43 Å². The van der Waals surface area contributed by atoms with Crippen LogP contribution < -0.4 is 16.0 Å². The van der Waals surface area contributed by atoms with Crippen LogP contribution in [-0.2, 0) is 0 Å². The molecule has 0 aliphatic carbocycles. The van der Waals surface area contributed by atoms with E-state index in [1.54, 1.807) is 5.43 Å². The van der Waals surface area contributed by atoms with Crippen LogP contribution in [0.2, 0.25) is 0 Å². The second kappa shape index (κ2) is 5.63. The van der Waals surface area contributed by atoms with Gasteiger partial charge in [-0.05, 0) is 12.8 Å². The van der Waals surface area contributed by atoms with E-state index in [0.29, 0.717) is 0 Å². The van der Waals surface area contributed by atoms with E-state index in [2.05, 4.69) is 5.43 Å². The van der Waals surface area contributed by atoms with Gasteiger partial charge >= 0.3 is 6.18 Å². The van der Waals surface area contributed by atoms with Crippen molar-refractivity contribution in [1.29, 1.82) is 0 Å². The second-order valence-electron chi connectivity index (χ2n) is 2.41. The molecule has 0 aliphatic heterocycles. The molecule has 2 N–H and O–H groups in total. The van der Waals surface area contributed by atoms with E-state index in [9.17, 15) is 23.1 Å². The summed E-state index contributed by atoms with van der Waals surface area (Å²) in [6.45, 7) is 0.157. The molecule has 0 spiro atoms. The maximum absolute atomic E-state index is 11.6. The van der Waals surface area contributed by atoms with E-state index in [-0.39, 0.29) is 19.4 Å². The molecule has 0 heterocycles. The quantitative estimate of drug-likeness (QED) is 0.489. The SMILES string of the molecule is O=C([O-])NNCCCCC(F)(F)F. The molecular weight excluding hydrogens is 189 g/mol. The molecule has 1 amide bonds. The first-order chi connectivity index (χ1) is 5.92. The Hall–Kier alpha value is -0.980. The highest BCUT2D eigenvalue weighted by molar-refractivity contribution is 5.60. The van der Waals surface area contributed by atoms with Gasteiger partial charge in [0.1, 0.15) is 6.09 Å². The third kappa shape index (κ3) is 11.0. The van der Waals surface area contributed by atoms with Crippen molar-refractivity contribution >= 4 is 6.09 Å². The molecule has 0 aromatic carbocycles. The van der Waals surface area contributed by atoms with Gasteiger partial charge in [0.15, 0.2) is 0 Å². The predicted molar refractivity (Wildman–Crippen MR) is 36.4 cm³/mol. The third-order valence-corrected chi connectivity index (χ3v) is 1.20. The van der Waals surface area contributed by atoms with Gasteiger partial charge < -0.3 is 15.3 Å². The number of amides is 1. The number of unbranched alkanes of at least 4 members (excludes halogenated alkanes) is 1. The van der Waals surface area contributed by atoms with Crippen molar-refractivity contribution in [3.05, 3.63) is 0 Å². The van der Waals surface area contributed by atoms with E-state index in [1.807, 2.05) is 0 Å². The van der Waals surface area contributed by atoms with Gasteiger partial charge in [0, 0.05) is 13.0 Å². The number of rotatable bonds is 5. The van der Waals surface area contributed by atoms with Crippen LogP contribution in [0.25, 0.3) is 0 Å². The molecule has 0 aromatic heterocycles. The minimum atomic E-state index is -4.14. The fraction of sp³-hybridized carbons (Fsp3) is 0.833. The van der Waals surface area contributed by atoms with Gasteiger partial charge in [-0.15, -0.1) is 0 Å². The van der Waals surface area contributed by atoms with E-state index in [1.165, 1.54) is 0 Å². The van der Waals surface area contributed by atoms with Crippen LogP contribution in [0.15, 0.2) is 0 Å². The minimum absolute atomic E-state index is 0.0226. The van der Waals surface area contributed by atoms with Crippen molar-refractivity contribution in [1.82, 2.24) is 10.9 Å². The molecule has 78 valence electrons. The predicted octanol–water partition coefficient (Wildman–Crippen LogP) is 0.156. The summed E-state index contributed by atoms with van der Waals surface area (Å²) in [4.78, 5) is 9.73. The van der Waals surface area contributed by atoms with Crippen LogP contribution in [0.3, 0.4) is 0 Å². The van der Waals surface area contributed by atoms with E-state index >= 15 is 0 Å². The zero-order valence-corrected chi connectivity index (χ0v) is 6.78. The van der Waals surface area contributed by atoms with Crippen LogP contribution in [0.5, 0.6) is 0 Å². The number of carbonyl (C=O) groups is 1. The van der Waals surface area contributed by atoms with Crippen LogP contribution >= 0.6 is 0 Å². The maximum atomic E-state index is 11.6. The Morgan fingerprint density at radius 2 is 1.92 bits per heavy atom. The summed E-state index contributed by atoms with van der Waals surface area (Å²) in [5, 5.41) is 9.73. The normalized spacial score (nSPS) is 11.3. The maximum Gasteiger partial charge on any atom is 0.389 e.